The van der Waals surface area contributed by atoms with E-state index in [1.807, 2.05) is 42.5 Å². The number of thiocarbonyl (C=S) groups is 1. The molecular formula is C16H9BrClNOS2. The molecule has 0 aromatic heterocycles. The topological polar surface area (TPSA) is 20.3 Å². The number of hydrogen-bond acceptors (Lipinski definition) is 3. The Morgan fingerprint density at radius 3 is 2.50 bits per heavy atom. The zero-order chi connectivity index (χ0) is 15.7. The van der Waals surface area contributed by atoms with Gasteiger partial charge in [0.05, 0.1) is 15.6 Å². The smallest absolute Gasteiger partial charge is 0.268 e. The Bertz CT molecular complexity index is 789. The number of halogens is 2. The minimum atomic E-state index is -0.147. The summed E-state index contributed by atoms with van der Waals surface area (Å²) in [5.74, 6) is -0.147. The summed E-state index contributed by atoms with van der Waals surface area (Å²) in [5, 5.41) is 0.503. The lowest BCUT2D eigenvalue weighted by Gasteiger charge is -2.15. The second-order valence-electron chi connectivity index (χ2n) is 4.52. The van der Waals surface area contributed by atoms with Crippen LogP contribution in [-0.2, 0) is 4.79 Å². The zero-order valence-corrected chi connectivity index (χ0v) is 15.1. The average Bonchev–Trinajstić information content (AvgIpc) is 2.77. The van der Waals surface area contributed by atoms with Crippen molar-refractivity contribution in [2.75, 3.05) is 4.90 Å². The Kier molecular flexibility index (Phi) is 4.68. The van der Waals surface area contributed by atoms with Gasteiger partial charge in [-0.2, -0.15) is 0 Å². The molecule has 1 aliphatic heterocycles. The second-order valence-corrected chi connectivity index (χ2v) is 7.52. The fraction of sp³-hybridized carbons (Fsp3) is 0. The summed E-state index contributed by atoms with van der Waals surface area (Å²) in [6, 6.07) is 14.9. The van der Waals surface area contributed by atoms with Gasteiger partial charge < -0.3 is 0 Å². The average molecular weight is 411 g/mol. The number of nitrogens with zero attached hydrogens (tertiary/aromatic N) is 1. The summed E-state index contributed by atoms with van der Waals surface area (Å²) in [4.78, 5) is 14.7. The third-order valence-electron chi connectivity index (χ3n) is 3.05. The lowest BCUT2D eigenvalue weighted by atomic mass is 10.2. The molecule has 0 bridgehead atoms. The quantitative estimate of drug-likeness (QED) is 0.481. The number of thioether (sulfide) groups is 1. The molecule has 1 aliphatic rings. The molecule has 0 aliphatic carbocycles. The van der Waals surface area contributed by atoms with E-state index in [1.165, 1.54) is 16.7 Å². The standard InChI is InChI=1S/C16H9BrClNOS2/c17-11-7-5-10(6-8-11)9-14-15(20)19(16(21)22-14)13-4-2-1-3-12(13)18/h1-9H. The maximum atomic E-state index is 12.6. The molecule has 0 atom stereocenters. The summed E-state index contributed by atoms with van der Waals surface area (Å²) in [7, 11) is 0. The molecule has 110 valence electrons. The minimum Gasteiger partial charge on any atom is -0.268 e. The Balaban J connectivity index is 1.95. The van der Waals surface area contributed by atoms with Gasteiger partial charge in [0.15, 0.2) is 4.32 Å². The van der Waals surface area contributed by atoms with Crippen molar-refractivity contribution < 1.29 is 4.79 Å². The Morgan fingerprint density at radius 2 is 1.82 bits per heavy atom. The normalized spacial score (nSPS) is 16.6. The van der Waals surface area contributed by atoms with Crippen LogP contribution < -0.4 is 4.90 Å². The first-order chi connectivity index (χ1) is 10.6. The van der Waals surface area contributed by atoms with E-state index < -0.39 is 0 Å². The zero-order valence-electron chi connectivity index (χ0n) is 11.1. The fourth-order valence-corrected chi connectivity index (χ4v) is 3.79. The Morgan fingerprint density at radius 1 is 1.14 bits per heavy atom. The highest BCUT2D eigenvalue weighted by Gasteiger charge is 2.34. The maximum Gasteiger partial charge on any atom is 0.270 e. The van der Waals surface area contributed by atoms with Crippen molar-refractivity contribution in [3.05, 3.63) is 68.5 Å². The molecule has 0 unspecified atom stereocenters. The van der Waals surface area contributed by atoms with Crippen molar-refractivity contribution in [3.63, 3.8) is 0 Å². The predicted octanol–water partition coefficient (Wildman–Crippen LogP) is 5.51. The van der Waals surface area contributed by atoms with E-state index >= 15 is 0 Å². The van der Waals surface area contributed by atoms with Crippen LogP contribution in [0.1, 0.15) is 5.56 Å². The van der Waals surface area contributed by atoms with Crippen LogP contribution in [0.15, 0.2) is 57.9 Å². The number of carbonyl (C=O) groups excluding carboxylic acids is 1. The highest BCUT2D eigenvalue weighted by atomic mass is 79.9. The van der Waals surface area contributed by atoms with Crippen LogP contribution >= 0.6 is 51.5 Å². The lowest BCUT2D eigenvalue weighted by Crippen LogP contribution is -2.27. The highest BCUT2D eigenvalue weighted by molar-refractivity contribution is 9.10. The molecule has 22 heavy (non-hydrogen) atoms. The number of anilines is 1. The van der Waals surface area contributed by atoms with Crippen LogP contribution in [0.25, 0.3) is 6.08 Å². The van der Waals surface area contributed by atoms with Crippen LogP contribution in [0.2, 0.25) is 5.02 Å². The molecule has 1 amide bonds. The van der Waals surface area contributed by atoms with Crippen molar-refractivity contribution >= 4 is 73.5 Å². The van der Waals surface area contributed by atoms with Crippen LogP contribution in [0.5, 0.6) is 0 Å². The van der Waals surface area contributed by atoms with Crippen molar-refractivity contribution in [2.45, 2.75) is 0 Å². The largest absolute Gasteiger partial charge is 0.270 e. The van der Waals surface area contributed by atoms with Gasteiger partial charge in [0, 0.05) is 4.47 Å². The van der Waals surface area contributed by atoms with Gasteiger partial charge in [-0.3, -0.25) is 9.69 Å². The van der Waals surface area contributed by atoms with E-state index in [4.69, 9.17) is 23.8 Å². The van der Waals surface area contributed by atoms with Crippen LogP contribution in [0.3, 0.4) is 0 Å². The van der Waals surface area contributed by atoms with Crippen LogP contribution in [0, 0.1) is 0 Å². The van der Waals surface area contributed by atoms with Gasteiger partial charge >= 0.3 is 0 Å². The first kappa shape index (κ1) is 15.7. The SMILES string of the molecule is O=C1C(=Cc2ccc(Br)cc2)SC(=S)N1c1ccccc1Cl. The molecule has 2 aromatic rings. The van der Waals surface area contributed by atoms with Gasteiger partial charge in [-0.1, -0.05) is 75.8 Å². The molecule has 1 saturated heterocycles. The van der Waals surface area contributed by atoms with Crippen LogP contribution in [-0.4, -0.2) is 10.2 Å². The summed E-state index contributed by atoms with van der Waals surface area (Å²) in [6.45, 7) is 0. The Labute approximate surface area is 151 Å². The van der Waals surface area contributed by atoms with Crippen molar-refractivity contribution in [3.8, 4) is 0 Å². The number of hydrogen-bond donors (Lipinski definition) is 0. The third-order valence-corrected chi connectivity index (χ3v) is 5.21. The van der Waals surface area contributed by atoms with Gasteiger partial charge in [0.2, 0.25) is 0 Å². The molecule has 0 spiro atoms. The molecule has 2 aromatic carbocycles. The molecule has 0 saturated carbocycles. The number of rotatable bonds is 2. The summed E-state index contributed by atoms with van der Waals surface area (Å²) in [6.07, 6.45) is 1.84. The van der Waals surface area contributed by atoms with Gasteiger partial charge in [-0.25, -0.2) is 0 Å². The van der Waals surface area contributed by atoms with E-state index in [0.717, 1.165) is 10.0 Å². The fourth-order valence-electron chi connectivity index (χ4n) is 2.02. The molecule has 0 radical (unpaired) electrons. The van der Waals surface area contributed by atoms with E-state index in [0.29, 0.717) is 19.9 Å². The number of para-hydroxylation sites is 1. The first-order valence-electron chi connectivity index (χ1n) is 6.34. The third kappa shape index (κ3) is 3.13. The van der Waals surface area contributed by atoms with E-state index in [9.17, 15) is 4.79 Å². The lowest BCUT2D eigenvalue weighted by molar-refractivity contribution is -0.113. The van der Waals surface area contributed by atoms with E-state index in [1.54, 1.807) is 12.1 Å². The second kappa shape index (κ2) is 6.54. The number of amides is 1. The van der Waals surface area contributed by atoms with Gasteiger partial charge in [-0.05, 0) is 35.9 Å². The minimum absolute atomic E-state index is 0.147. The van der Waals surface area contributed by atoms with Crippen molar-refractivity contribution in [1.29, 1.82) is 0 Å². The molecule has 1 heterocycles. The van der Waals surface area contributed by atoms with Gasteiger partial charge in [0.1, 0.15) is 0 Å². The monoisotopic (exact) mass is 409 g/mol. The van der Waals surface area contributed by atoms with Crippen molar-refractivity contribution in [2.24, 2.45) is 0 Å². The first-order valence-corrected chi connectivity index (χ1v) is 8.74. The summed E-state index contributed by atoms with van der Waals surface area (Å²) >= 11 is 16.2. The summed E-state index contributed by atoms with van der Waals surface area (Å²) in [5.41, 5.74) is 1.56. The van der Waals surface area contributed by atoms with E-state index in [-0.39, 0.29) is 5.91 Å². The van der Waals surface area contributed by atoms with Gasteiger partial charge in [-0.15, -0.1) is 0 Å². The molecule has 0 N–H and O–H groups in total. The highest BCUT2D eigenvalue weighted by Crippen LogP contribution is 2.38. The molecular weight excluding hydrogens is 402 g/mol. The van der Waals surface area contributed by atoms with E-state index in [2.05, 4.69) is 15.9 Å². The number of carbonyl (C=O) groups is 1. The predicted molar refractivity (Wildman–Crippen MR) is 101 cm³/mol. The maximum absolute atomic E-state index is 12.6. The van der Waals surface area contributed by atoms with Crippen molar-refractivity contribution in [1.82, 2.24) is 0 Å². The Hall–Kier alpha value is -1.14. The molecule has 6 heteroatoms. The molecule has 1 fully saturated rings. The van der Waals surface area contributed by atoms with Gasteiger partial charge in [0.25, 0.3) is 5.91 Å². The molecule has 3 rings (SSSR count). The number of benzene rings is 2. The summed E-state index contributed by atoms with van der Waals surface area (Å²) < 4.78 is 1.48. The van der Waals surface area contributed by atoms with Crippen LogP contribution in [0.4, 0.5) is 5.69 Å². The molecule has 2 nitrogen and oxygen atoms in total.